The van der Waals surface area contributed by atoms with Gasteiger partial charge in [-0.15, -0.1) is 0 Å². The van der Waals surface area contributed by atoms with Gasteiger partial charge in [0.25, 0.3) is 5.91 Å². The van der Waals surface area contributed by atoms with Crippen LogP contribution < -0.4 is 5.32 Å². The Labute approximate surface area is 107 Å². The van der Waals surface area contributed by atoms with Crippen LogP contribution >= 0.6 is 0 Å². The number of nitrogens with one attached hydrogen (secondary N) is 1. The minimum atomic E-state index is -5.79. The number of imidazole rings is 1. The fraction of sp³-hybridized carbons (Fsp3) is 0.500. The molecule has 1 N–H and O–H groups in total. The summed E-state index contributed by atoms with van der Waals surface area (Å²) in [6.07, 6.45) is -3.80. The normalized spacial score (nSPS) is 14.7. The first-order chi connectivity index (χ1) is 9.04. The van der Waals surface area contributed by atoms with E-state index in [1.807, 2.05) is 0 Å². The number of carbonyl (C=O) groups excluding carboxylic acids is 1. The lowest BCUT2D eigenvalue weighted by molar-refractivity contribution is -0.396. The van der Waals surface area contributed by atoms with Crippen molar-refractivity contribution in [3.8, 4) is 0 Å². The van der Waals surface area contributed by atoms with Crippen LogP contribution in [-0.4, -0.2) is 39.0 Å². The number of nitro groups is 1. The Bertz CT molecular complexity index is 512. The third kappa shape index (κ3) is 3.61. The second-order valence-electron chi connectivity index (χ2n) is 3.59. The number of hydrogen-bond donors (Lipinski definition) is 1. The predicted molar refractivity (Wildman–Crippen MR) is 52.9 cm³/mol. The molecule has 1 amide bonds. The Kier molecular flexibility index (Phi) is 4.25. The molecule has 0 fully saturated rings. The number of amides is 1. The molecule has 112 valence electrons. The van der Waals surface area contributed by atoms with Crippen LogP contribution in [0.25, 0.3) is 0 Å². The number of carbonyl (C=O) groups is 1. The fourth-order valence-corrected chi connectivity index (χ4v) is 1.12. The van der Waals surface area contributed by atoms with Crippen molar-refractivity contribution >= 4 is 11.9 Å². The molecule has 0 radical (unpaired) electrons. The third-order valence-corrected chi connectivity index (χ3v) is 2.09. The maximum absolute atomic E-state index is 12.5. The van der Waals surface area contributed by atoms with Crippen molar-refractivity contribution in [1.29, 1.82) is 0 Å². The number of rotatable bonds is 5. The zero-order valence-corrected chi connectivity index (χ0v) is 9.53. The molecule has 0 aromatic carbocycles. The maximum Gasteiger partial charge on any atom is 0.455 e. The zero-order valence-electron chi connectivity index (χ0n) is 9.53. The monoisotopic (exact) mass is 301 g/mol. The molecule has 1 rings (SSSR count). The lowest BCUT2D eigenvalue weighted by Gasteiger charge is -2.19. The highest BCUT2D eigenvalue weighted by molar-refractivity contribution is 5.76. The minimum Gasteiger partial charge on any atom is -0.390 e. The van der Waals surface area contributed by atoms with Gasteiger partial charge in [0.15, 0.2) is 6.54 Å². The van der Waals surface area contributed by atoms with E-state index in [9.17, 15) is 36.9 Å². The smallest absolute Gasteiger partial charge is 0.390 e. The van der Waals surface area contributed by atoms with Crippen LogP contribution in [0.5, 0.6) is 0 Å². The zero-order chi connectivity index (χ0) is 15.6. The number of nitrogens with zero attached hydrogens (tertiary/aromatic N) is 3. The van der Waals surface area contributed by atoms with E-state index in [-0.39, 0.29) is 0 Å². The van der Waals surface area contributed by atoms with Crippen molar-refractivity contribution in [2.45, 2.75) is 18.6 Å². The van der Waals surface area contributed by atoms with Gasteiger partial charge >= 0.3 is 18.0 Å². The van der Waals surface area contributed by atoms with E-state index in [1.165, 1.54) is 5.32 Å². The average Bonchev–Trinajstić information content (AvgIpc) is 2.73. The summed E-state index contributed by atoms with van der Waals surface area (Å²) in [7, 11) is 0. The molecule has 0 saturated heterocycles. The van der Waals surface area contributed by atoms with Gasteiger partial charge in [-0.3, -0.25) is 4.79 Å². The van der Waals surface area contributed by atoms with Crippen LogP contribution in [-0.2, 0) is 11.3 Å². The molecule has 0 aliphatic carbocycles. The summed E-state index contributed by atoms with van der Waals surface area (Å²) in [5.41, 5.74) is 0. The van der Waals surface area contributed by atoms with Crippen molar-refractivity contribution in [1.82, 2.24) is 14.9 Å². The second kappa shape index (κ2) is 5.38. The Morgan fingerprint density at radius 3 is 2.50 bits per heavy atom. The average molecular weight is 301 g/mol. The summed E-state index contributed by atoms with van der Waals surface area (Å²) in [4.78, 5) is 24.0. The van der Waals surface area contributed by atoms with Crippen molar-refractivity contribution in [2.24, 2.45) is 0 Å². The highest BCUT2D eigenvalue weighted by Gasteiger charge is 2.57. The lowest BCUT2D eigenvalue weighted by atomic mass is 10.3. The Morgan fingerprint density at radius 1 is 1.40 bits per heavy atom. The van der Waals surface area contributed by atoms with Gasteiger partial charge in [0.2, 0.25) is 0 Å². The van der Waals surface area contributed by atoms with E-state index in [0.29, 0.717) is 4.57 Å². The van der Waals surface area contributed by atoms with Crippen molar-refractivity contribution in [2.75, 3.05) is 6.54 Å². The molecule has 0 bridgehead atoms. The number of hydrogen-bond acceptors (Lipinski definition) is 4. The topological polar surface area (TPSA) is 90.1 Å². The van der Waals surface area contributed by atoms with Gasteiger partial charge in [0.05, 0.1) is 6.54 Å². The molecule has 1 unspecified atom stereocenters. The van der Waals surface area contributed by atoms with Gasteiger partial charge in [-0.25, -0.2) is 4.57 Å². The second-order valence-corrected chi connectivity index (χ2v) is 3.59. The number of halogens is 5. The Balaban J connectivity index is 2.61. The first kappa shape index (κ1) is 15.8. The van der Waals surface area contributed by atoms with Crippen LogP contribution in [0.3, 0.4) is 0 Å². The number of alkyl halides is 5. The molecule has 12 heteroatoms. The summed E-state index contributed by atoms with van der Waals surface area (Å²) >= 11 is 0. The standard InChI is InChI=1S/C8H7F5N4O3/c9-7(10,8(11,12)13)4-15-5(18)3-16-2-1-14-6(16)17(19)20/h1-2H,3-4H2,(H,15,18)/i9-1. The fourth-order valence-electron chi connectivity index (χ4n) is 1.12. The Morgan fingerprint density at radius 2 is 2.00 bits per heavy atom. The molecule has 0 aliphatic heterocycles. The van der Waals surface area contributed by atoms with E-state index < -0.39 is 42.0 Å². The molecule has 20 heavy (non-hydrogen) atoms. The van der Waals surface area contributed by atoms with Gasteiger partial charge in [-0.05, 0) is 4.92 Å². The molecule has 1 aromatic rings. The van der Waals surface area contributed by atoms with Gasteiger partial charge < -0.3 is 15.4 Å². The quantitative estimate of drug-likeness (QED) is 0.501. The van der Waals surface area contributed by atoms with Gasteiger partial charge in [-0.1, -0.05) is 4.98 Å². The molecular weight excluding hydrogens is 294 g/mol. The van der Waals surface area contributed by atoms with Gasteiger partial charge in [0, 0.05) is 0 Å². The Hall–Kier alpha value is -2.27. The highest BCUT2D eigenvalue weighted by Crippen LogP contribution is 2.34. The van der Waals surface area contributed by atoms with Crippen LogP contribution in [0, 0.1) is 10.1 Å². The van der Waals surface area contributed by atoms with Crippen molar-refractivity contribution in [3.05, 3.63) is 22.5 Å². The van der Waals surface area contributed by atoms with E-state index in [1.54, 1.807) is 0 Å². The van der Waals surface area contributed by atoms with Crippen molar-refractivity contribution < 1.29 is 31.7 Å². The predicted octanol–water partition coefficient (Wildman–Crippen LogP) is 1.11. The van der Waals surface area contributed by atoms with Crippen LogP contribution in [0.15, 0.2) is 12.4 Å². The molecule has 0 aliphatic rings. The third-order valence-electron chi connectivity index (χ3n) is 2.09. The highest BCUT2D eigenvalue weighted by atomic mass is 19.4. The SMILES string of the molecule is O=C(Cn1ccnc1[N+](=O)[O-])NCC(F)([18F])C(F)(F)F. The summed E-state index contributed by atoms with van der Waals surface area (Å²) in [5, 5.41) is 11.8. The van der Waals surface area contributed by atoms with E-state index in [2.05, 4.69) is 4.98 Å². The molecule has 1 aromatic heterocycles. The minimum absolute atomic E-state index is 0.696. The molecule has 1 heterocycles. The van der Waals surface area contributed by atoms with E-state index in [0.717, 1.165) is 12.4 Å². The largest absolute Gasteiger partial charge is 0.455 e. The maximum atomic E-state index is 12.5. The van der Waals surface area contributed by atoms with Crippen molar-refractivity contribution in [3.63, 3.8) is 0 Å². The molecular formula is C8H7F5N4O3. The van der Waals surface area contributed by atoms with Crippen LogP contribution in [0.1, 0.15) is 0 Å². The first-order valence-corrected chi connectivity index (χ1v) is 4.91. The van der Waals surface area contributed by atoms with E-state index >= 15 is 0 Å². The van der Waals surface area contributed by atoms with Crippen LogP contribution in [0.4, 0.5) is 27.9 Å². The molecule has 0 saturated carbocycles. The van der Waals surface area contributed by atoms with E-state index in [4.69, 9.17) is 0 Å². The molecule has 7 nitrogen and oxygen atoms in total. The summed E-state index contributed by atoms with van der Waals surface area (Å²) in [6, 6.07) is 0. The molecule has 1 atom stereocenters. The summed E-state index contributed by atoms with van der Waals surface area (Å²) in [6.45, 7) is -2.75. The lowest BCUT2D eigenvalue weighted by Crippen LogP contribution is -2.47. The summed E-state index contributed by atoms with van der Waals surface area (Å²) in [5.74, 6) is -7.05. The van der Waals surface area contributed by atoms with Crippen LogP contribution in [0.2, 0.25) is 0 Å². The first-order valence-electron chi connectivity index (χ1n) is 4.91. The van der Waals surface area contributed by atoms with Gasteiger partial charge in [-0.2, -0.15) is 22.0 Å². The number of aromatic nitrogens is 2. The van der Waals surface area contributed by atoms with Gasteiger partial charge in [0.1, 0.15) is 12.4 Å². The molecule has 0 spiro atoms. The summed E-state index contributed by atoms with van der Waals surface area (Å²) < 4.78 is 61.2.